The summed E-state index contributed by atoms with van der Waals surface area (Å²) in [6.07, 6.45) is 1.36. The van der Waals surface area contributed by atoms with Gasteiger partial charge in [-0.1, -0.05) is 0 Å². The van der Waals surface area contributed by atoms with Gasteiger partial charge in [-0.15, -0.1) is 0 Å². The van der Waals surface area contributed by atoms with E-state index >= 15 is 0 Å². The largest absolute Gasteiger partial charge is 0.328 e. The van der Waals surface area contributed by atoms with Crippen molar-refractivity contribution >= 4 is 20.0 Å². The van der Waals surface area contributed by atoms with Crippen molar-refractivity contribution in [1.82, 2.24) is 0 Å². The van der Waals surface area contributed by atoms with E-state index in [4.69, 9.17) is 5.73 Å². The van der Waals surface area contributed by atoms with E-state index < -0.39 is 8.77 Å². The lowest BCUT2D eigenvalue weighted by Gasteiger charge is -1.97. The van der Waals surface area contributed by atoms with Crippen molar-refractivity contribution in [3.05, 3.63) is 0 Å². The molecule has 50 valence electrons. The molecule has 0 aliphatic heterocycles. The summed E-state index contributed by atoms with van der Waals surface area (Å²) < 4.78 is 15.1. The molecule has 3 nitrogen and oxygen atoms in total. The SMILES string of the molecule is CS(=O)(=S)OCCN. The predicted molar refractivity (Wildman–Crippen MR) is 36.4 cm³/mol. The van der Waals surface area contributed by atoms with Gasteiger partial charge in [0.1, 0.15) is 8.77 Å². The molecule has 0 saturated heterocycles. The van der Waals surface area contributed by atoms with Gasteiger partial charge in [0.25, 0.3) is 0 Å². The fourth-order valence-corrected chi connectivity index (χ4v) is 0.803. The Kier molecular flexibility index (Phi) is 3.46. The molecule has 0 fully saturated rings. The highest BCUT2D eigenvalue weighted by Crippen LogP contribution is 1.83. The van der Waals surface area contributed by atoms with Gasteiger partial charge in [-0.25, -0.2) is 4.21 Å². The highest BCUT2D eigenvalue weighted by molar-refractivity contribution is 8.29. The van der Waals surface area contributed by atoms with Crippen molar-refractivity contribution in [1.29, 1.82) is 0 Å². The standard InChI is InChI=1S/C3H9NO2S2/c1-8(5,7)6-3-2-4/h2-4H2,1H3. The zero-order valence-electron chi connectivity index (χ0n) is 4.62. The Morgan fingerprint density at radius 3 is 2.50 bits per heavy atom. The van der Waals surface area contributed by atoms with Gasteiger partial charge in [0, 0.05) is 24.0 Å². The summed E-state index contributed by atoms with van der Waals surface area (Å²) in [5.74, 6) is 0. The van der Waals surface area contributed by atoms with E-state index in [-0.39, 0.29) is 6.61 Å². The molecule has 1 unspecified atom stereocenters. The molecule has 0 rings (SSSR count). The van der Waals surface area contributed by atoms with E-state index in [9.17, 15) is 4.21 Å². The van der Waals surface area contributed by atoms with Crippen LogP contribution in [0.4, 0.5) is 0 Å². The Bertz CT molecular complexity index is 139. The van der Waals surface area contributed by atoms with Gasteiger partial charge in [0.2, 0.25) is 0 Å². The van der Waals surface area contributed by atoms with Gasteiger partial charge in [0.05, 0.1) is 6.61 Å². The second-order valence-electron chi connectivity index (χ2n) is 1.31. The molecule has 5 heteroatoms. The van der Waals surface area contributed by atoms with Crippen LogP contribution in [0.15, 0.2) is 0 Å². The summed E-state index contributed by atoms with van der Waals surface area (Å²) in [4.78, 5) is 0. The zero-order valence-corrected chi connectivity index (χ0v) is 6.26. The summed E-state index contributed by atoms with van der Waals surface area (Å²) in [6, 6.07) is 0. The van der Waals surface area contributed by atoms with Crippen molar-refractivity contribution in [3.8, 4) is 0 Å². The summed E-state index contributed by atoms with van der Waals surface area (Å²) >= 11 is 4.40. The lowest BCUT2D eigenvalue weighted by Crippen LogP contribution is -2.11. The monoisotopic (exact) mass is 155 g/mol. The quantitative estimate of drug-likeness (QED) is 0.583. The van der Waals surface area contributed by atoms with Crippen LogP contribution in [0.1, 0.15) is 0 Å². The molecule has 0 aromatic heterocycles. The molecule has 0 heterocycles. The minimum absolute atomic E-state index is 0.277. The maximum Gasteiger partial charge on any atom is 0.141 e. The number of hydrogen-bond donors (Lipinski definition) is 1. The minimum atomic E-state index is -2.43. The lowest BCUT2D eigenvalue weighted by molar-refractivity contribution is 0.360. The Hall–Kier alpha value is 0.290. The van der Waals surface area contributed by atoms with Crippen LogP contribution in [0, 0.1) is 0 Å². The zero-order chi connectivity index (χ0) is 6.62. The molecule has 0 radical (unpaired) electrons. The second-order valence-corrected chi connectivity index (χ2v) is 4.78. The topological polar surface area (TPSA) is 52.3 Å². The number of nitrogens with two attached hydrogens (primary N) is 1. The summed E-state index contributed by atoms with van der Waals surface area (Å²) in [5.41, 5.74) is 5.04. The van der Waals surface area contributed by atoms with Crippen molar-refractivity contribution in [3.63, 3.8) is 0 Å². The average Bonchev–Trinajstić information content (AvgIpc) is 1.59. The van der Waals surface area contributed by atoms with E-state index in [0.29, 0.717) is 6.54 Å². The molecular formula is C3H9NO2S2. The highest BCUT2D eigenvalue weighted by atomic mass is 32.8. The third-order valence-corrected chi connectivity index (χ3v) is 1.30. The first kappa shape index (κ1) is 8.29. The molecule has 2 N–H and O–H groups in total. The Morgan fingerprint density at radius 2 is 2.38 bits per heavy atom. The van der Waals surface area contributed by atoms with Crippen molar-refractivity contribution in [2.75, 3.05) is 19.4 Å². The van der Waals surface area contributed by atoms with Crippen LogP contribution in [0.3, 0.4) is 0 Å². The maximum absolute atomic E-state index is 10.5. The van der Waals surface area contributed by atoms with Gasteiger partial charge in [0.15, 0.2) is 0 Å². The van der Waals surface area contributed by atoms with Crippen LogP contribution in [0.5, 0.6) is 0 Å². The van der Waals surface area contributed by atoms with Crippen LogP contribution in [-0.4, -0.2) is 23.6 Å². The van der Waals surface area contributed by atoms with Crippen molar-refractivity contribution < 1.29 is 8.39 Å². The van der Waals surface area contributed by atoms with Crippen LogP contribution in [-0.2, 0) is 24.1 Å². The number of hydrogen-bond acceptors (Lipinski definition) is 4. The molecule has 0 aromatic rings. The van der Waals surface area contributed by atoms with E-state index in [1.807, 2.05) is 0 Å². The van der Waals surface area contributed by atoms with Crippen molar-refractivity contribution in [2.24, 2.45) is 5.73 Å². The Morgan fingerprint density at radius 1 is 1.88 bits per heavy atom. The first-order valence-electron chi connectivity index (χ1n) is 2.11. The molecule has 0 spiro atoms. The van der Waals surface area contributed by atoms with E-state index in [1.165, 1.54) is 6.26 Å². The molecule has 0 bridgehead atoms. The smallest absolute Gasteiger partial charge is 0.141 e. The summed E-state index contributed by atoms with van der Waals surface area (Å²) in [6.45, 7) is 0.639. The van der Waals surface area contributed by atoms with Gasteiger partial charge in [-0.05, 0) is 0 Å². The molecular weight excluding hydrogens is 146 g/mol. The number of rotatable bonds is 3. The van der Waals surface area contributed by atoms with Gasteiger partial charge < -0.3 is 5.73 Å². The Labute approximate surface area is 54.1 Å². The third-order valence-electron chi connectivity index (χ3n) is 0.415. The molecule has 0 saturated carbocycles. The molecule has 0 aliphatic carbocycles. The predicted octanol–water partition coefficient (Wildman–Crippen LogP) is -0.747. The minimum Gasteiger partial charge on any atom is -0.328 e. The Balaban J connectivity index is 3.42. The summed E-state index contributed by atoms with van der Waals surface area (Å²) in [7, 11) is -2.43. The van der Waals surface area contributed by atoms with Crippen LogP contribution in [0.2, 0.25) is 0 Å². The molecule has 0 aliphatic rings. The molecule has 8 heavy (non-hydrogen) atoms. The van der Waals surface area contributed by atoms with Crippen LogP contribution >= 0.6 is 0 Å². The highest BCUT2D eigenvalue weighted by Gasteiger charge is 1.92. The first-order valence-corrected chi connectivity index (χ1v) is 4.92. The third kappa shape index (κ3) is 6.29. The van der Waals surface area contributed by atoms with E-state index in [2.05, 4.69) is 15.4 Å². The fourth-order valence-electron chi connectivity index (χ4n) is 0.199. The van der Waals surface area contributed by atoms with Crippen molar-refractivity contribution in [2.45, 2.75) is 0 Å². The average molecular weight is 155 g/mol. The first-order chi connectivity index (χ1) is 3.56. The van der Waals surface area contributed by atoms with Crippen LogP contribution < -0.4 is 5.73 Å². The summed E-state index contributed by atoms with van der Waals surface area (Å²) in [5, 5.41) is 0. The van der Waals surface area contributed by atoms with E-state index in [1.54, 1.807) is 0 Å². The van der Waals surface area contributed by atoms with Gasteiger partial charge in [-0.3, -0.25) is 4.18 Å². The van der Waals surface area contributed by atoms with Gasteiger partial charge in [-0.2, -0.15) is 0 Å². The lowest BCUT2D eigenvalue weighted by atomic mass is 10.8. The molecule has 0 amide bonds. The van der Waals surface area contributed by atoms with E-state index in [0.717, 1.165) is 0 Å². The molecule has 0 aromatic carbocycles. The maximum atomic E-state index is 10.5. The molecule has 1 atom stereocenters. The van der Waals surface area contributed by atoms with Gasteiger partial charge >= 0.3 is 0 Å². The van der Waals surface area contributed by atoms with Crippen LogP contribution in [0.25, 0.3) is 0 Å². The fraction of sp³-hybridized carbons (Fsp3) is 1.00. The second kappa shape index (κ2) is 3.34. The normalized spacial score (nSPS) is 17.8.